The largest absolute Gasteiger partial charge is 0.336 e. The van der Waals surface area contributed by atoms with Crippen LogP contribution >= 0.6 is 46.4 Å². The normalized spacial score (nSPS) is 15.4. The number of alkyl halides is 4. The van der Waals surface area contributed by atoms with Crippen LogP contribution in [0, 0.1) is 6.92 Å². The maximum absolute atomic E-state index is 13.6. The second-order valence-electron chi connectivity index (χ2n) is 30.0. The van der Waals surface area contributed by atoms with Crippen LogP contribution in [0.1, 0.15) is 24.8 Å². The summed E-state index contributed by atoms with van der Waals surface area (Å²) < 4.78 is 63.5. The number of nitrogens with zero attached hydrogens (tertiary/aromatic N) is 21. The Morgan fingerprint density at radius 2 is 0.636 bits per heavy atom. The van der Waals surface area contributed by atoms with Crippen LogP contribution in [0.5, 0.6) is 0 Å². The first-order valence-electron chi connectivity index (χ1n) is 40.1. The van der Waals surface area contributed by atoms with Gasteiger partial charge in [0.25, 0.3) is 5.92 Å². The Bertz CT molecular complexity index is 6210. The minimum absolute atomic E-state index is 0.103. The van der Waals surface area contributed by atoms with Crippen LogP contribution in [0.25, 0.3) is 134 Å². The van der Waals surface area contributed by atoms with Crippen molar-refractivity contribution in [2.75, 3.05) is 58.9 Å². The molecule has 3 fully saturated rings. The van der Waals surface area contributed by atoms with Gasteiger partial charge in [0, 0.05) is 122 Å². The first kappa shape index (κ1) is 81.3. The Kier molecular flexibility index (Phi) is 24.8. The van der Waals surface area contributed by atoms with Gasteiger partial charge in [-0.2, -0.15) is 20.4 Å². The Labute approximate surface area is 714 Å². The summed E-state index contributed by atoms with van der Waals surface area (Å²) >= 11 is 27.5. The van der Waals surface area contributed by atoms with Crippen LogP contribution in [0.3, 0.4) is 0 Å². The molecule has 12 heterocycles. The van der Waals surface area contributed by atoms with Gasteiger partial charge in [-0.05, 0) is 25.8 Å². The van der Waals surface area contributed by atoms with Crippen LogP contribution < -0.4 is 0 Å². The molecular formula is C92H81Cl4F4N21. The third-order valence-corrected chi connectivity index (χ3v) is 23.2. The smallest absolute Gasteiger partial charge is 0.261 e. The van der Waals surface area contributed by atoms with E-state index in [0.29, 0.717) is 155 Å². The number of likely N-dealkylation sites (tertiary alicyclic amines) is 3. The van der Waals surface area contributed by atoms with E-state index in [4.69, 9.17) is 66.8 Å². The highest BCUT2D eigenvalue weighted by atomic mass is 35.5. The van der Waals surface area contributed by atoms with Gasteiger partial charge in [-0.1, -0.05) is 282 Å². The topological polar surface area (TPSA) is 202 Å². The summed E-state index contributed by atoms with van der Waals surface area (Å²) in [4.78, 5) is 10.1. The SMILES string of the molecule is Cc1cccc(-c2nn(CCn3ccnc3)c3nnc(-c4ccccc4)c(Cl)c23)c1.FC1(F)CCN(CCn2nc(-c3ccccc3)c3c(Cl)c(-c4ccccc4)nnc32)C1.F[C@@H]1CCN(CCn2nc(-c3ccccc3)c3c(Cl)c(-c4ccccc4)nnc32)C1.F[C@H]1CCN(CCn2nc(-c3ccccc3)c3c(Cl)c(-c4ccccc4)nnc32)C1. The Hall–Kier alpha value is -12.1. The first-order valence-corrected chi connectivity index (χ1v) is 41.6. The molecule has 9 aromatic heterocycles. The fourth-order valence-electron chi connectivity index (χ4n) is 15.5. The van der Waals surface area contributed by atoms with Crippen LogP contribution in [0.4, 0.5) is 17.6 Å². The Morgan fingerprint density at radius 1 is 0.339 bits per heavy atom. The predicted molar refractivity (Wildman–Crippen MR) is 470 cm³/mol. The highest BCUT2D eigenvalue weighted by Gasteiger charge is 2.38. The predicted octanol–water partition coefficient (Wildman–Crippen LogP) is 19.9. The number of fused-ring (bicyclic) bond motifs is 4. The van der Waals surface area contributed by atoms with E-state index in [0.717, 1.165) is 103 Å². The summed E-state index contributed by atoms with van der Waals surface area (Å²) in [5.41, 5.74) is 16.8. The van der Waals surface area contributed by atoms with Gasteiger partial charge in [0.15, 0.2) is 22.6 Å². The molecule has 3 saturated heterocycles. The van der Waals surface area contributed by atoms with Crippen LogP contribution in [0.2, 0.25) is 20.1 Å². The van der Waals surface area contributed by atoms with Gasteiger partial charge in [0.2, 0.25) is 0 Å². The minimum Gasteiger partial charge on any atom is -0.336 e. The molecule has 3 aliphatic heterocycles. The lowest BCUT2D eigenvalue weighted by Crippen LogP contribution is -2.28. The average molecular weight is 1700 g/mol. The Morgan fingerprint density at radius 3 is 0.917 bits per heavy atom. The number of aromatic nitrogens is 18. The average Bonchev–Trinajstić information content (AvgIpc) is 1.63. The van der Waals surface area contributed by atoms with E-state index in [2.05, 4.69) is 74.6 Å². The van der Waals surface area contributed by atoms with Gasteiger partial charge in [-0.25, -0.2) is 41.3 Å². The highest BCUT2D eigenvalue weighted by molar-refractivity contribution is 6.40. The maximum atomic E-state index is 13.6. The Balaban J connectivity index is 0.000000115. The van der Waals surface area contributed by atoms with Gasteiger partial charge in [-0.15, -0.1) is 40.8 Å². The summed E-state index contributed by atoms with van der Waals surface area (Å²) in [6, 6.07) is 77.0. The number of aryl methyl sites for hydroxylation is 3. The summed E-state index contributed by atoms with van der Waals surface area (Å²) in [6.45, 7) is 9.61. The standard InChI is InChI=1S/C23H20ClF2N5.2C23H21ClFN5.C23H19ClN6/c24-19-18-20(16-7-3-1-4-8-16)29-31(14-13-30-12-11-23(25,26)15-30)22(18)28-27-21(19)17-9-5-2-6-10-17;2*24-20-19-21(16-7-3-1-4-8-16)28-30(14-13-29-12-11-18(25)15-29)23(19)27-26-22(20)17-9-5-2-6-10-17;1-16-6-5-9-18(14-16)21-19-20(24)22(17-7-3-2-4-8-17)26-27-23(19)30(28-21)13-12-29-11-10-25-15-29/h1-10H,11-15H2;2*1-10,18H,11-15H2;2-11,14-15H,12-13H2,1H3/t;2*18-;/m.10./s1. The lowest BCUT2D eigenvalue weighted by molar-refractivity contribution is 0.0119. The number of rotatable bonds is 20. The number of hydrogen-bond donors (Lipinski definition) is 0. The van der Waals surface area contributed by atoms with Crippen molar-refractivity contribution < 1.29 is 17.6 Å². The van der Waals surface area contributed by atoms with Gasteiger partial charge in [-0.3, -0.25) is 14.7 Å². The maximum Gasteiger partial charge on any atom is 0.261 e. The molecule has 0 amide bonds. The molecular weight excluding hydrogens is 1620 g/mol. The lowest BCUT2D eigenvalue weighted by Gasteiger charge is -2.15. The van der Waals surface area contributed by atoms with Crippen molar-refractivity contribution in [2.24, 2.45) is 0 Å². The molecule has 2 atom stereocenters. The lowest BCUT2D eigenvalue weighted by atomic mass is 10.1. The summed E-state index contributed by atoms with van der Waals surface area (Å²) in [7, 11) is 0. The van der Waals surface area contributed by atoms with E-state index in [1.54, 1.807) is 22.1 Å². The molecule has 21 nitrogen and oxygen atoms in total. The van der Waals surface area contributed by atoms with E-state index in [9.17, 15) is 17.6 Å². The molecule has 121 heavy (non-hydrogen) atoms. The quantitative estimate of drug-likeness (QED) is 0.0651. The van der Waals surface area contributed by atoms with Crippen molar-refractivity contribution in [1.29, 1.82) is 0 Å². The third-order valence-electron chi connectivity index (χ3n) is 21.7. The molecule has 0 unspecified atom stereocenters. The zero-order valence-corrected chi connectivity index (χ0v) is 68.9. The van der Waals surface area contributed by atoms with Crippen LogP contribution in [0.15, 0.2) is 255 Å². The van der Waals surface area contributed by atoms with E-state index in [1.807, 2.05) is 249 Å². The second kappa shape index (κ2) is 36.9. The summed E-state index contributed by atoms with van der Waals surface area (Å²) in [5, 5.41) is 60.2. The molecule has 610 valence electrons. The number of hydrogen-bond acceptors (Lipinski definition) is 16. The molecule has 29 heteroatoms. The first-order chi connectivity index (χ1) is 59.1. The summed E-state index contributed by atoms with van der Waals surface area (Å²) in [6.07, 6.45) is 5.11. The van der Waals surface area contributed by atoms with E-state index in [-0.39, 0.29) is 13.0 Å². The van der Waals surface area contributed by atoms with E-state index < -0.39 is 18.3 Å². The fraction of sp³-hybridized carbons (Fsp3) is 0.228. The van der Waals surface area contributed by atoms with E-state index >= 15 is 0 Å². The zero-order valence-electron chi connectivity index (χ0n) is 65.8. The van der Waals surface area contributed by atoms with E-state index in [1.165, 1.54) is 0 Å². The second-order valence-corrected chi connectivity index (χ2v) is 31.5. The molecule has 0 spiro atoms. The number of halogens is 8. The van der Waals surface area contributed by atoms with Crippen molar-refractivity contribution >= 4 is 90.5 Å². The van der Waals surface area contributed by atoms with Crippen molar-refractivity contribution in [3.05, 3.63) is 281 Å². The van der Waals surface area contributed by atoms with Crippen molar-refractivity contribution in [2.45, 2.75) is 77.2 Å². The van der Waals surface area contributed by atoms with Gasteiger partial charge < -0.3 is 4.57 Å². The molecule has 8 aromatic carbocycles. The molecule has 20 rings (SSSR count). The molecule has 3 aliphatic rings. The van der Waals surface area contributed by atoms with Crippen LogP contribution in [-0.2, 0) is 32.7 Å². The fourth-order valence-corrected chi connectivity index (χ4v) is 16.8. The van der Waals surface area contributed by atoms with Crippen LogP contribution in [-0.4, -0.2) is 181 Å². The molecule has 0 bridgehead atoms. The highest BCUT2D eigenvalue weighted by Crippen LogP contribution is 2.43. The molecule has 0 aliphatic carbocycles. The molecule has 0 radical (unpaired) electrons. The zero-order chi connectivity index (χ0) is 82.9. The van der Waals surface area contributed by atoms with Crippen molar-refractivity contribution in [1.82, 2.24) is 104 Å². The van der Waals surface area contributed by atoms with Gasteiger partial charge in [0.1, 0.15) is 57.9 Å². The minimum atomic E-state index is -2.62. The van der Waals surface area contributed by atoms with Gasteiger partial charge >= 0.3 is 0 Å². The number of benzene rings is 8. The third kappa shape index (κ3) is 18.2. The van der Waals surface area contributed by atoms with Crippen molar-refractivity contribution in [3.8, 4) is 90.1 Å². The summed E-state index contributed by atoms with van der Waals surface area (Å²) in [5.74, 6) is -2.62. The number of imidazole rings is 1. The molecule has 17 aromatic rings. The molecule has 0 N–H and O–H groups in total. The van der Waals surface area contributed by atoms with Crippen molar-refractivity contribution in [3.63, 3.8) is 0 Å². The van der Waals surface area contributed by atoms with Gasteiger partial charge in [0.05, 0.1) is 80.7 Å². The monoisotopic (exact) mass is 1700 g/mol. The molecule has 0 saturated carbocycles.